The van der Waals surface area contributed by atoms with Crippen LogP contribution in [0.4, 0.5) is 0 Å². The zero-order chi connectivity index (χ0) is 22.9. The summed E-state index contributed by atoms with van der Waals surface area (Å²) in [6, 6.07) is 17.0. The fourth-order valence-corrected chi connectivity index (χ4v) is 4.22. The molecule has 2 aromatic carbocycles. The summed E-state index contributed by atoms with van der Waals surface area (Å²) < 4.78 is 5.17. The summed E-state index contributed by atoms with van der Waals surface area (Å²) in [7, 11) is 0. The lowest BCUT2D eigenvalue weighted by Crippen LogP contribution is -2.50. The molecule has 2 aliphatic heterocycles. The van der Waals surface area contributed by atoms with E-state index in [1.807, 2.05) is 0 Å². The predicted molar refractivity (Wildman–Crippen MR) is 118 cm³/mol. The second-order valence-electron chi connectivity index (χ2n) is 8.00. The van der Waals surface area contributed by atoms with Crippen molar-refractivity contribution in [3.63, 3.8) is 0 Å². The van der Waals surface area contributed by atoms with Crippen molar-refractivity contribution in [1.29, 1.82) is 0 Å². The monoisotopic (exact) mass is 443 g/mol. The average Bonchev–Trinajstić information content (AvgIpc) is 3.48. The first-order chi connectivity index (χ1) is 16.0. The van der Waals surface area contributed by atoms with Gasteiger partial charge in [-0.25, -0.2) is 0 Å². The molecule has 0 spiro atoms. The number of hydrogen-bond donors (Lipinski definition) is 0. The van der Waals surface area contributed by atoms with Gasteiger partial charge in [0.1, 0.15) is 0 Å². The van der Waals surface area contributed by atoms with Gasteiger partial charge in [0.15, 0.2) is 5.76 Å². The van der Waals surface area contributed by atoms with Gasteiger partial charge in [-0.05, 0) is 42.0 Å². The summed E-state index contributed by atoms with van der Waals surface area (Å²) in [6.45, 7) is 1.75. The fourth-order valence-electron chi connectivity index (χ4n) is 4.22. The van der Waals surface area contributed by atoms with E-state index in [1.54, 1.807) is 70.5 Å². The molecular formula is C25H21N3O5. The molecule has 1 fully saturated rings. The summed E-state index contributed by atoms with van der Waals surface area (Å²) in [6.07, 6.45) is 1.46. The van der Waals surface area contributed by atoms with Crippen LogP contribution in [0.15, 0.2) is 71.3 Å². The van der Waals surface area contributed by atoms with Gasteiger partial charge < -0.3 is 14.2 Å². The highest BCUT2D eigenvalue weighted by Gasteiger charge is 2.35. The van der Waals surface area contributed by atoms with Crippen LogP contribution in [0.1, 0.15) is 47.2 Å². The minimum absolute atomic E-state index is 0.0961. The van der Waals surface area contributed by atoms with E-state index in [1.165, 1.54) is 11.2 Å². The molecule has 2 aliphatic rings. The average molecular weight is 443 g/mol. The van der Waals surface area contributed by atoms with Gasteiger partial charge in [0.2, 0.25) is 0 Å². The van der Waals surface area contributed by atoms with E-state index < -0.39 is 0 Å². The maximum absolute atomic E-state index is 13.1. The van der Waals surface area contributed by atoms with Gasteiger partial charge >= 0.3 is 0 Å². The van der Waals surface area contributed by atoms with Crippen molar-refractivity contribution in [2.24, 2.45) is 0 Å². The van der Waals surface area contributed by atoms with Crippen LogP contribution in [-0.4, -0.2) is 64.5 Å². The largest absolute Gasteiger partial charge is 0.459 e. The molecular weight excluding hydrogens is 422 g/mol. The number of piperazine rings is 1. The molecule has 5 rings (SSSR count). The predicted octanol–water partition coefficient (Wildman–Crippen LogP) is 2.67. The Morgan fingerprint density at radius 1 is 0.758 bits per heavy atom. The zero-order valence-corrected chi connectivity index (χ0v) is 17.8. The molecule has 0 N–H and O–H groups in total. The molecule has 1 aromatic heterocycles. The fraction of sp³-hybridized carbons (Fsp3) is 0.200. The Morgan fingerprint density at radius 3 is 2.00 bits per heavy atom. The van der Waals surface area contributed by atoms with Crippen molar-refractivity contribution in [3.05, 3.63) is 94.9 Å². The molecule has 1 saturated heterocycles. The van der Waals surface area contributed by atoms with Gasteiger partial charge in [-0.3, -0.25) is 24.1 Å². The second-order valence-corrected chi connectivity index (χ2v) is 8.00. The molecule has 4 amide bonds. The van der Waals surface area contributed by atoms with E-state index in [2.05, 4.69) is 0 Å². The highest BCUT2D eigenvalue weighted by Crippen LogP contribution is 2.24. The van der Waals surface area contributed by atoms with Gasteiger partial charge in [0.25, 0.3) is 23.6 Å². The van der Waals surface area contributed by atoms with Crippen LogP contribution in [0.5, 0.6) is 0 Å². The summed E-state index contributed by atoms with van der Waals surface area (Å²) >= 11 is 0. The van der Waals surface area contributed by atoms with Crippen molar-refractivity contribution in [2.75, 3.05) is 26.2 Å². The third-order valence-electron chi connectivity index (χ3n) is 5.98. The van der Waals surface area contributed by atoms with E-state index in [0.29, 0.717) is 48.4 Å². The van der Waals surface area contributed by atoms with E-state index in [9.17, 15) is 19.2 Å². The highest BCUT2D eigenvalue weighted by molar-refractivity contribution is 6.21. The number of nitrogens with zero attached hydrogens (tertiary/aromatic N) is 3. The number of benzene rings is 2. The first-order valence-electron chi connectivity index (χ1n) is 10.7. The molecule has 166 valence electrons. The molecule has 0 bridgehead atoms. The topological polar surface area (TPSA) is 91.1 Å². The van der Waals surface area contributed by atoms with Gasteiger partial charge in [-0.1, -0.05) is 24.3 Å². The third kappa shape index (κ3) is 3.80. The van der Waals surface area contributed by atoms with Crippen molar-refractivity contribution in [2.45, 2.75) is 6.54 Å². The van der Waals surface area contributed by atoms with Crippen LogP contribution in [0.3, 0.4) is 0 Å². The van der Waals surface area contributed by atoms with Crippen LogP contribution in [0.2, 0.25) is 0 Å². The smallest absolute Gasteiger partial charge is 0.289 e. The molecule has 8 nitrogen and oxygen atoms in total. The Balaban J connectivity index is 1.24. The van der Waals surface area contributed by atoms with Crippen LogP contribution >= 0.6 is 0 Å². The van der Waals surface area contributed by atoms with Crippen molar-refractivity contribution in [3.8, 4) is 0 Å². The van der Waals surface area contributed by atoms with E-state index in [-0.39, 0.29) is 35.9 Å². The zero-order valence-electron chi connectivity index (χ0n) is 17.8. The Bertz CT molecular complexity index is 1210. The first kappa shape index (κ1) is 20.7. The van der Waals surface area contributed by atoms with Gasteiger partial charge in [-0.2, -0.15) is 0 Å². The molecule has 0 saturated carbocycles. The molecule has 8 heteroatoms. The van der Waals surface area contributed by atoms with Crippen LogP contribution in [0, 0.1) is 0 Å². The van der Waals surface area contributed by atoms with Crippen LogP contribution < -0.4 is 0 Å². The Hall–Kier alpha value is -4.20. The number of imide groups is 1. The molecule has 0 unspecified atom stereocenters. The number of carbonyl (C=O) groups is 4. The molecule has 3 heterocycles. The Labute approximate surface area is 190 Å². The standard InChI is InChI=1S/C25H21N3O5/c29-22(26-10-12-27(13-11-26)25(32)21-9-4-14-33-21)18-6-3-5-17(15-18)16-28-23(30)19-7-1-2-8-20(19)24(28)31/h1-9,14-15H,10-13,16H2. The van der Waals surface area contributed by atoms with E-state index in [4.69, 9.17) is 4.42 Å². The van der Waals surface area contributed by atoms with Crippen LogP contribution in [0.25, 0.3) is 0 Å². The summed E-state index contributed by atoms with van der Waals surface area (Å²) in [5, 5.41) is 0. The number of amides is 4. The molecule has 0 aliphatic carbocycles. The quantitative estimate of drug-likeness (QED) is 0.579. The Kier molecular flexibility index (Phi) is 5.26. The highest BCUT2D eigenvalue weighted by atomic mass is 16.3. The van der Waals surface area contributed by atoms with Crippen molar-refractivity contribution in [1.82, 2.24) is 14.7 Å². The Morgan fingerprint density at radius 2 is 1.39 bits per heavy atom. The van der Waals surface area contributed by atoms with E-state index in [0.717, 1.165) is 0 Å². The summed E-state index contributed by atoms with van der Waals surface area (Å²) in [5.74, 6) is -0.704. The summed E-state index contributed by atoms with van der Waals surface area (Å²) in [5.41, 5.74) is 1.98. The van der Waals surface area contributed by atoms with Gasteiger partial charge in [-0.15, -0.1) is 0 Å². The minimum Gasteiger partial charge on any atom is -0.459 e. The lowest BCUT2D eigenvalue weighted by molar-refractivity contribution is 0.0518. The SMILES string of the molecule is O=C(c1cccc(CN2C(=O)c3ccccc3C2=O)c1)N1CCN(C(=O)c2ccco2)CC1. The first-order valence-corrected chi connectivity index (χ1v) is 10.7. The molecule has 33 heavy (non-hydrogen) atoms. The van der Waals surface area contributed by atoms with Crippen molar-refractivity contribution < 1.29 is 23.6 Å². The number of fused-ring (bicyclic) bond motifs is 1. The normalized spacial score (nSPS) is 15.7. The number of furan rings is 1. The number of rotatable bonds is 4. The van der Waals surface area contributed by atoms with Gasteiger partial charge in [0.05, 0.1) is 23.9 Å². The molecule has 0 radical (unpaired) electrons. The second kappa shape index (κ2) is 8.38. The third-order valence-corrected chi connectivity index (χ3v) is 5.98. The van der Waals surface area contributed by atoms with Crippen molar-refractivity contribution >= 4 is 23.6 Å². The van der Waals surface area contributed by atoms with Crippen LogP contribution in [-0.2, 0) is 6.54 Å². The lowest BCUT2D eigenvalue weighted by atomic mass is 10.1. The molecule has 0 atom stereocenters. The number of carbonyl (C=O) groups excluding carboxylic acids is 4. The molecule has 3 aromatic rings. The lowest BCUT2D eigenvalue weighted by Gasteiger charge is -2.34. The van der Waals surface area contributed by atoms with Gasteiger partial charge in [0, 0.05) is 31.7 Å². The minimum atomic E-state index is -0.329. The summed E-state index contributed by atoms with van der Waals surface area (Å²) in [4.78, 5) is 55.3. The maximum Gasteiger partial charge on any atom is 0.289 e. The number of hydrogen-bond acceptors (Lipinski definition) is 5. The maximum atomic E-state index is 13.1. The van der Waals surface area contributed by atoms with E-state index >= 15 is 0 Å².